The van der Waals surface area contributed by atoms with E-state index in [1.54, 1.807) is 0 Å². The molecule has 0 radical (unpaired) electrons. The van der Waals surface area contributed by atoms with Crippen LogP contribution in [0.4, 0.5) is 4.39 Å². The molecule has 190 valence electrons. The molecule has 0 unspecified atom stereocenters. The van der Waals surface area contributed by atoms with Crippen LogP contribution in [0.2, 0.25) is 10.0 Å². The Labute approximate surface area is 215 Å². The summed E-state index contributed by atoms with van der Waals surface area (Å²) in [5.41, 5.74) is 1.60. The Hall–Kier alpha value is -1.87. The van der Waals surface area contributed by atoms with Gasteiger partial charge in [-0.2, -0.15) is 0 Å². The molecule has 1 aliphatic heterocycles. The standard InChI is InChI=1S/C25H29Cl2FN2O4S/c1-15(18-5-6-21(26)22(27)11-18)30-9-7-16(8-10-30)14-34-24-13-23(28)20(12-19(24)17-3-4-17)25(31)29-35(2,32)33/h5-6,11-13,15-17H,3-4,7-10,14H2,1-2H3,(H,29,31)/t15-/m1/s1. The van der Waals surface area contributed by atoms with E-state index in [2.05, 4.69) is 11.8 Å². The lowest BCUT2D eigenvalue weighted by atomic mass is 9.95. The van der Waals surface area contributed by atoms with Gasteiger partial charge in [-0.15, -0.1) is 0 Å². The number of sulfonamides is 1. The van der Waals surface area contributed by atoms with Crippen LogP contribution in [0.3, 0.4) is 0 Å². The Morgan fingerprint density at radius 3 is 2.43 bits per heavy atom. The molecule has 2 aliphatic rings. The molecular formula is C25H29Cl2FN2O4S. The van der Waals surface area contributed by atoms with Crippen molar-refractivity contribution >= 4 is 39.1 Å². The third-order valence-electron chi connectivity index (χ3n) is 6.74. The number of hydrogen-bond acceptors (Lipinski definition) is 5. The van der Waals surface area contributed by atoms with Gasteiger partial charge in [0.05, 0.1) is 28.5 Å². The molecular weight excluding hydrogens is 514 g/mol. The molecule has 35 heavy (non-hydrogen) atoms. The second-order valence-electron chi connectivity index (χ2n) is 9.49. The number of likely N-dealkylation sites (tertiary alicyclic amines) is 1. The normalized spacial score (nSPS) is 18.3. The molecule has 2 fully saturated rings. The van der Waals surface area contributed by atoms with Crippen molar-refractivity contribution in [3.8, 4) is 5.75 Å². The Balaban J connectivity index is 1.37. The molecule has 10 heteroatoms. The van der Waals surface area contributed by atoms with Crippen molar-refractivity contribution in [3.63, 3.8) is 0 Å². The molecule has 1 heterocycles. The first-order valence-corrected chi connectivity index (χ1v) is 14.3. The summed E-state index contributed by atoms with van der Waals surface area (Å²) in [4.78, 5) is 14.6. The molecule has 1 N–H and O–H groups in total. The first-order valence-electron chi connectivity index (χ1n) is 11.7. The Bertz CT molecular complexity index is 1210. The molecule has 4 rings (SSSR count). The maximum Gasteiger partial charge on any atom is 0.267 e. The number of carbonyl (C=O) groups excluding carboxylic acids is 1. The largest absolute Gasteiger partial charge is 0.493 e. The molecule has 2 aromatic carbocycles. The number of piperidine rings is 1. The molecule has 6 nitrogen and oxygen atoms in total. The van der Waals surface area contributed by atoms with Crippen LogP contribution in [0.15, 0.2) is 30.3 Å². The quantitative estimate of drug-likeness (QED) is 0.473. The molecule has 0 spiro atoms. The van der Waals surface area contributed by atoms with Gasteiger partial charge in [0.15, 0.2) is 0 Å². The Kier molecular flexibility index (Phi) is 7.95. The Morgan fingerprint density at radius 1 is 1.14 bits per heavy atom. The zero-order valence-electron chi connectivity index (χ0n) is 19.7. The minimum absolute atomic E-state index is 0.198. The van der Waals surface area contributed by atoms with E-state index in [1.807, 2.05) is 22.9 Å². The van der Waals surface area contributed by atoms with Gasteiger partial charge in [-0.05, 0) is 86.9 Å². The van der Waals surface area contributed by atoms with Gasteiger partial charge in [-0.25, -0.2) is 17.5 Å². The zero-order valence-corrected chi connectivity index (χ0v) is 22.0. The number of carbonyl (C=O) groups is 1. The van der Waals surface area contributed by atoms with Gasteiger partial charge in [0, 0.05) is 12.1 Å². The maximum atomic E-state index is 14.7. The third kappa shape index (κ3) is 6.67. The molecule has 2 aromatic rings. The van der Waals surface area contributed by atoms with E-state index in [9.17, 15) is 17.6 Å². The summed E-state index contributed by atoms with van der Waals surface area (Å²) < 4.78 is 45.4. The minimum atomic E-state index is -3.79. The highest BCUT2D eigenvalue weighted by atomic mass is 35.5. The van der Waals surface area contributed by atoms with Gasteiger partial charge in [0.1, 0.15) is 11.6 Å². The fourth-order valence-electron chi connectivity index (χ4n) is 4.51. The number of nitrogens with one attached hydrogen (secondary N) is 1. The molecule has 0 bridgehead atoms. The summed E-state index contributed by atoms with van der Waals surface area (Å²) in [6, 6.07) is 8.60. The van der Waals surface area contributed by atoms with Gasteiger partial charge in [-0.1, -0.05) is 29.3 Å². The van der Waals surface area contributed by atoms with Crippen molar-refractivity contribution in [1.29, 1.82) is 0 Å². The number of nitrogens with zero attached hydrogens (tertiary/aromatic N) is 1. The molecule has 1 saturated carbocycles. The van der Waals surface area contributed by atoms with E-state index >= 15 is 0 Å². The van der Waals surface area contributed by atoms with Crippen LogP contribution in [0, 0.1) is 11.7 Å². The van der Waals surface area contributed by atoms with Crippen molar-refractivity contribution < 1.29 is 22.3 Å². The summed E-state index contributed by atoms with van der Waals surface area (Å²) in [6.07, 6.45) is 4.61. The summed E-state index contributed by atoms with van der Waals surface area (Å²) in [6.45, 7) is 4.43. The summed E-state index contributed by atoms with van der Waals surface area (Å²) in [7, 11) is -3.79. The predicted octanol–water partition coefficient (Wildman–Crippen LogP) is 5.55. The van der Waals surface area contributed by atoms with E-state index in [-0.39, 0.29) is 17.5 Å². The van der Waals surface area contributed by atoms with Crippen molar-refractivity contribution in [2.45, 2.75) is 44.6 Å². The number of amides is 1. The van der Waals surface area contributed by atoms with Crippen LogP contribution < -0.4 is 9.46 Å². The van der Waals surface area contributed by atoms with Crippen LogP contribution in [0.1, 0.15) is 66.1 Å². The smallest absolute Gasteiger partial charge is 0.267 e. The number of halogens is 3. The van der Waals surface area contributed by atoms with Gasteiger partial charge in [-0.3, -0.25) is 9.69 Å². The lowest BCUT2D eigenvalue weighted by Gasteiger charge is -2.36. The second-order valence-corrected chi connectivity index (χ2v) is 12.1. The highest BCUT2D eigenvalue weighted by Crippen LogP contribution is 2.45. The van der Waals surface area contributed by atoms with Crippen molar-refractivity contribution in [2.24, 2.45) is 5.92 Å². The second kappa shape index (κ2) is 10.6. The number of benzene rings is 2. The maximum absolute atomic E-state index is 14.7. The van der Waals surface area contributed by atoms with Crippen LogP contribution in [-0.4, -0.2) is 45.2 Å². The van der Waals surface area contributed by atoms with E-state index in [4.69, 9.17) is 27.9 Å². The van der Waals surface area contributed by atoms with Crippen molar-refractivity contribution in [1.82, 2.24) is 9.62 Å². The fraction of sp³-hybridized carbons (Fsp3) is 0.480. The van der Waals surface area contributed by atoms with E-state index in [1.165, 1.54) is 12.1 Å². The Morgan fingerprint density at radius 2 is 1.83 bits per heavy atom. The van der Waals surface area contributed by atoms with Gasteiger partial charge in [0.25, 0.3) is 5.91 Å². The van der Waals surface area contributed by atoms with E-state index < -0.39 is 21.7 Å². The lowest BCUT2D eigenvalue weighted by Crippen LogP contribution is -2.37. The highest BCUT2D eigenvalue weighted by molar-refractivity contribution is 7.89. The van der Waals surface area contributed by atoms with Crippen LogP contribution in [-0.2, 0) is 10.0 Å². The average molecular weight is 543 g/mol. The first-order chi connectivity index (χ1) is 16.5. The molecule has 1 atom stereocenters. The third-order valence-corrected chi connectivity index (χ3v) is 8.03. The monoisotopic (exact) mass is 542 g/mol. The van der Waals surface area contributed by atoms with Crippen molar-refractivity contribution in [2.75, 3.05) is 26.0 Å². The lowest BCUT2D eigenvalue weighted by molar-refractivity contribution is 0.0977. The van der Waals surface area contributed by atoms with Crippen LogP contribution in [0.5, 0.6) is 5.75 Å². The SMILES string of the molecule is C[C@H](c1ccc(Cl)c(Cl)c1)N1CCC(COc2cc(F)c(C(=O)NS(C)(=O)=O)cc2C2CC2)CC1. The van der Waals surface area contributed by atoms with Crippen LogP contribution >= 0.6 is 23.2 Å². The highest BCUT2D eigenvalue weighted by Gasteiger charge is 2.31. The molecule has 1 saturated heterocycles. The summed E-state index contributed by atoms with van der Waals surface area (Å²) >= 11 is 12.2. The minimum Gasteiger partial charge on any atom is -0.493 e. The van der Waals surface area contributed by atoms with E-state index in [0.29, 0.717) is 28.3 Å². The summed E-state index contributed by atoms with van der Waals surface area (Å²) in [5, 5.41) is 1.10. The van der Waals surface area contributed by atoms with Crippen LogP contribution in [0.25, 0.3) is 0 Å². The van der Waals surface area contributed by atoms with Gasteiger partial charge in [0.2, 0.25) is 10.0 Å². The molecule has 1 amide bonds. The zero-order chi connectivity index (χ0) is 25.3. The van der Waals surface area contributed by atoms with Gasteiger partial charge < -0.3 is 4.74 Å². The average Bonchev–Trinajstić information content (AvgIpc) is 3.63. The predicted molar refractivity (Wildman–Crippen MR) is 135 cm³/mol. The number of hydrogen-bond donors (Lipinski definition) is 1. The topological polar surface area (TPSA) is 75.7 Å². The molecule has 1 aliphatic carbocycles. The number of rotatable bonds is 8. The summed E-state index contributed by atoms with van der Waals surface area (Å²) in [5.74, 6) is -0.801. The van der Waals surface area contributed by atoms with Gasteiger partial charge >= 0.3 is 0 Å². The number of ether oxygens (including phenoxy) is 1. The molecule has 0 aromatic heterocycles. The van der Waals surface area contributed by atoms with E-state index in [0.717, 1.165) is 56.2 Å². The van der Waals surface area contributed by atoms with Crippen molar-refractivity contribution in [3.05, 3.63) is 62.9 Å². The first kappa shape index (κ1) is 26.2. The fourth-order valence-corrected chi connectivity index (χ4v) is 5.26.